The van der Waals surface area contributed by atoms with Gasteiger partial charge in [-0.3, -0.25) is 0 Å². The molecule has 0 aliphatic rings. The number of hydrogen-bond acceptors (Lipinski definition) is 5. The Labute approximate surface area is 141 Å². The lowest BCUT2D eigenvalue weighted by atomic mass is 10.1. The highest BCUT2D eigenvalue weighted by Gasteiger charge is 2.08. The maximum absolute atomic E-state index is 11.7. The number of rotatable bonds is 7. The van der Waals surface area contributed by atoms with E-state index in [-0.39, 0.29) is 11.9 Å². The summed E-state index contributed by atoms with van der Waals surface area (Å²) in [5, 5.41) is 0. The summed E-state index contributed by atoms with van der Waals surface area (Å²) in [6.07, 6.45) is 0. The van der Waals surface area contributed by atoms with Crippen LogP contribution in [0.2, 0.25) is 0 Å². The van der Waals surface area contributed by atoms with Crippen molar-refractivity contribution in [2.45, 2.75) is 20.5 Å². The molecule has 2 aromatic carbocycles. The first kappa shape index (κ1) is 17.5. The average molecular weight is 328 g/mol. The molecule has 0 aliphatic heterocycles. The zero-order chi connectivity index (χ0) is 17.4. The van der Waals surface area contributed by atoms with Crippen molar-refractivity contribution in [3.8, 4) is 5.75 Å². The van der Waals surface area contributed by atoms with Gasteiger partial charge in [0.15, 0.2) is 0 Å². The van der Waals surface area contributed by atoms with Gasteiger partial charge in [-0.25, -0.2) is 9.59 Å². The third-order valence-electron chi connectivity index (χ3n) is 3.21. The molecule has 0 saturated carbocycles. The molecule has 0 unspecified atom stereocenters. The molecule has 126 valence electrons. The minimum absolute atomic E-state index is 0.312. The summed E-state index contributed by atoms with van der Waals surface area (Å²) >= 11 is 0. The van der Waals surface area contributed by atoms with Gasteiger partial charge < -0.3 is 14.2 Å². The van der Waals surface area contributed by atoms with E-state index in [0.717, 1.165) is 5.56 Å². The summed E-state index contributed by atoms with van der Waals surface area (Å²) in [4.78, 5) is 23.3. The molecule has 0 saturated heterocycles. The Morgan fingerprint density at radius 2 is 1.46 bits per heavy atom. The molecule has 0 bridgehead atoms. The first-order valence-electron chi connectivity index (χ1n) is 7.80. The topological polar surface area (TPSA) is 61.8 Å². The minimum atomic E-state index is -0.355. The zero-order valence-electron chi connectivity index (χ0n) is 13.8. The van der Waals surface area contributed by atoms with E-state index in [1.165, 1.54) is 0 Å². The van der Waals surface area contributed by atoms with Crippen LogP contribution in [0.15, 0.2) is 48.5 Å². The second-order valence-corrected chi connectivity index (χ2v) is 4.95. The van der Waals surface area contributed by atoms with E-state index in [9.17, 15) is 9.59 Å². The number of benzene rings is 2. The molecule has 0 aliphatic carbocycles. The number of carbonyl (C=O) groups excluding carboxylic acids is 2. The van der Waals surface area contributed by atoms with Gasteiger partial charge in [0.1, 0.15) is 12.4 Å². The standard InChI is InChI=1S/C19H20O5/c1-3-22-18(20)15-8-10-17(11-9-15)24-13-14-6-5-7-16(12-14)19(21)23-4-2/h5-12H,3-4,13H2,1-2H3. The van der Waals surface area contributed by atoms with Crippen molar-refractivity contribution in [2.24, 2.45) is 0 Å². The molecule has 24 heavy (non-hydrogen) atoms. The van der Waals surface area contributed by atoms with Crippen LogP contribution in [-0.2, 0) is 16.1 Å². The third-order valence-corrected chi connectivity index (χ3v) is 3.21. The zero-order valence-corrected chi connectivity index (χ0v) is 13.8. The van der Waals surface area contributed by atoms with Crippen LogP contribution < -0.4 is 4.74 Å². The predicted octanol–water partition coefficient (Wildman–Crippen LogP) is 3.62. The lowest BCUT2D eigenvalue weighted by Gasteiger charge is -2.08. The Balaban J connectivity index is 1.97. The Morgan fingerprint density at radius 1 is 0.833 bits per heavy atom. The summed E-state index contributed by atoms with van der Waals surface area (Å²) in [6, 6.07) is 13.8. The van der Waals surface area contributed by atoms with E-state index in [1.54, 1.807) is 56.3 Å². The van der Waals surface area contributed by atoms with E-state index < -0.39 is 0 Å². The van der Waals surface area contributed by atoms with Gasteiger partial charge in [0.2, 0.25) is 0 Å². The van der Waals surface area contributed by atoms with Gasteiger partial charge >= 0.3 is 11.9 Å². The van der Waals surface area contributed by atoms with E-state index in [1.807, 2.05) is 6.07 Å². The number of esters is 2. The largest absolute Gasteiger partial charge is 0.489 e. The molecule has 0 fully saturated rings. The van der Waals surface area contributed by atoms with Crippen molar-refractivity contribution in [1.82, 2.24) is 0 Å². The monoisotopic (exact) mass is 328 g/mol. The van der Waals surface area contributed by atoms with Gasteiger partial charge in [0, 0.05) is 0 Å². The molecule has 0 amide bonds. The smallest absolute Gasteiger partial charge is 0.338 e. The van der Waals surface area contributed by atoms with Gasteiger partial charge in [-0.05, 0) is 55.8 Å². The maximum Gasteiger partial charge on any atom is 0.338 e. The van der Waals surface area contributed by atoms with Crippen molar-refractivity contribution in [3.63, 3.8) is 0 Å². The van der Waals surface area contributed by atoms with Crippen LogP contribution in [0.1, 0.15) is 40.1 Å². The van der Waals surface area contributed by atoms with E-state index in [0.29, 0.717) is 36.7 Å². The van der Waals surface area contributed by atoms with Crippen molar-refractivity contribution in [3.05, 3.63) is 65.2 Å². The Kier molecular flexibility index (Phi) is 6.37. The van der Waals surface area contributed by atoms with Crippen molar-refractivity contribution < 1.29 is 23.8 Å². The lowest BCUT2D eigenvalue weighted by Crippen LogP contribution is -2.06. The molecular weight excluding hydrogens is 308 g/mol. The van der Waals surface area contributed by atoms with Gasteiger partial charge in [-0.1, -0.05) is 12.1 Å². The predicted molar refractivity (Wildman–Crippen MR) is 89.1 cm³/mol. The Bertz CT molecular complexity index is 691. The van der Waals surface area contributed by atoms with Crippen LogP contribution >= 0.6 is 0 Å². The van der Waals surface area contributed by atoms with Crippen LogP contribution in [0.5, 0.6) is 5.75 Å². The maximum atomic E-state index is 11.7. The fourth-order valence-corrected chi connectivity index (χ4v) is 2.07. The van der Waals surface area contributed by atoms with Gasteiger partial charge in [0.25, 0.3) is 0 Å². The summed E-state index contributed by atoms with van der Waals surface area (Å²) in [6.45, 7) is 4.52. The van der Waals surface area contributed by atoms with Crippen LogP contribution in [0.25, 0.3) is 0 Å². The van der Waals surface area contributed by atoms with E-state index in [2.05, 4.69) is 0 Å². The quantitative estimate of drug-likeness (QED) is 0.727. The van der Waals surface area contributed by atoms with Crippen LogP contribution in [-0.4, -0.2) is 25.2 Å². The second-order valence-electron chi connectivity index (χ2n) is 4.95. The molecule has 2 aromatic rings. The molecule has 5 heteroatoms. The summed E-state index contributed by atoms with van der Waals surface area (Å²) < 4.78 is 15.6. The van der Waals surface area contributed by atoms with Crippen LogP contribution in [0.3, 0.4) is 0 Å². The highest BCUT2D eigenvalue weighted by molar-refractivity contribution is 5.90. The molecule has 0 radical (unpaired) electrons. The minimum Gasteiger partial charge on any atom is -0.489 e. The normalized spacial score (nSPS) is 10.1. The molecule has 0 N–H and O–H groups in total. The SMILES string of the molecule is CCOC(=O)c1ccc(OCc2cccc(C(=O)OCC)c2)cc1. The van der Waals surface area contributed by atoms with Crippen molar-refractivity contribution in [1.29, 1.82) is 0 Å². The van der Waals surface area contributed by atoms with Gasteiger partial charge in [-0.15, -0.1) is 0 Å². The number of ether oxygens (including phenoxy) is 3. The fraction of sp³-hybridized carbons (Fsp3) is 0.263. The molecular formula is C19H20O5. The first-order chi connectivity index (χ1) is 11.6. The Hall–Kier alpha value is -2.82. The fourth-order valence-electron chi connectivity index (χ4n) is 2.07. The molecule has 0 heterocycles. The molecule has 2 rings (SSSR count). The molecule has 0 atom stereocenters. The number of hydrogen-bond donors (Lipinski definition) is 0. The van der Waals surface area contributed by atoms with E-state index >= 15 is 0 Å². The Morgan fingerprint density at radius 3 is 2.08 bits per heavy atom. The summed E-state index contributed by atoms with van der Waals surface area (Å²) in [5.41, 5.74) is 1.83. The molecule has 0 spiro atoms. The van der Waals surface area contributed by atoms with Crippen LogP contribution in [0, 0.1) is 0 Å². The highest BCUT2D eigenvalue weighted by atomic mass is 16.5. The molecule has 5 nitrogen and oxygen atoms in total. The highest BCUT2D eigenvalue weighted by Crippen LogP contribution is 2.16. The van der Waals surface area contributed by atoms with Gasteiger partial charge in [0.05, 0.1) is 24.3 Å². The summed E-state index contributed by atoms with van der Waals surface area (Å²) in [7, 11) is 0. The summed E-state index contributed by atoms with van der Waals surface area (Å²) in [5.74, 6) is -0.0751. The van der Waals surface area contributed by atoms with Crippen molar-refractivity contribution in [2.75, 3.05) is 13.2 Å². The second kappa shape index (κ2) is 8.72. The molecule has 0 aromatic heterocycles. The van der Waals surface area contributed by atoms with E-state index in [4.69, 9.17) is 14.2 Å². The average Bonchev–Trinajstić information content (AvgIpc) is 2.61. The number of carbonyl (C=O) groups is 2. The van der Waals surface area contributed by atoms with Crippen LogP contribution in [0.4, 0.5) is 0 Å². The van der Waals surface area contributed by atoms with Gasteiger partial charge in [-0.2, -0.15) is 0 Å². The van der Waals surface area contributed by atoms with Crippen molar-refractivity contribution >= 4 is 11.9 Å². The lowest BCUT2D eigenvalue weighted by molar-refractivity contribution is 0.0516. The first-order valence-corrected chi connectivity index (χ1v) is 7.80. The third kappa shape index (κ3) is 4.84.